The van der Waals surface area contributed by atoms with Crippen LogP contribution in [0.25, 0.3) is 5.57 Å². The average molecular weight is 543 g/mol. The predicted molar refractivity (Wildman–Crippen MR) is 147 cm³/mol. The summed E-state index contributed by atoms with van der Waals surface area (Å²) in [6, 6.07) is 8.95. The van der Waals surface area contributed by atoms with Gasteiger partial charge in [-0.3, -0.25) is 14.0 Å². The summed E-state index contributed by atoms with van der Waals surface area (Å²) >= 11 is 0. The van der Waals surface area contributed by atoms with Crippen LogP contribution in [0.5, 0.6) is 0 Å². The number of hydrogen-bond acceptors (Lipinski definition) is 4. The molecule has 39 heavy (non-hydrogen) atoms. The number of hydrogen-bond donors (Lipinski definition) is 1. The van der Waals surface area contributed by atoms with Crippen molar-refractivity contribution in [2.75, 3.05) is 7.18 Å². The first-order valence-corrected chi connectivity index (χ1v) is 12.9. The van der Waals surface area contributed by atoms with E-state index in [1.807, 2.05) is 6.92 Å². The van der Waals surface area contributed by atoms with E-state index in [4.69, 9.17) is 4.42 Å². The highest BCUT2D eigenvalue weighted by Crippen LogP contribution is 2.39. The van der Waals surface area contributed by atoms with E-state index in [0.717, 1.165) is 37.1 Å². The molecule has 1 atom stereocenters. The van der Waals surface area contributed by atoms with E-state index in [0.29, 0.717) is 29.5 Å². The lowest BCUT2D eigenvalue weighted by Gasteiger charge is -2.35. The molecule has 5 nitrogen and oxygen atoms in total. The molecule has 0 unspecified atom stereocenters. The highest BCUT2D eigenvalue weighted by Gasteiger charge is 2.32. The molecule has 0 bridgehead atoms. The number of rotatable bonds is 7. The highest BCUT2D eigenvalue weighted by molar-refractivity contribution is 6.22. The van der Waals surface area contributed by atoms with Crippen LogP contribution in [-0.4, -0.2) is 23.9 Å². The molecule has 1 aromatic heterocycles. The van der Waals surface area contributed by atoms with E-state index in [1.165, 1.54) is 25.1 Å². The number of Topliss-reactive ketones (excluding diaryl/α,β-unsaturated/α-hetero) is 1. The van der Waals surface area contributed by atoms with Gasteiger partial charge in [0.15, 0.2) is 11.7 Å². The number of oxazole rings is 1. The molecule has 1 aliphatic carbocycles. The number of amides is 1. The Morgan fingerprint density at radius 3 is 2.23 bits per heavy atom. The highest BCUT2D eigenvalue weighted by atomic mass is 19.1. The first-order chi connectivity index (χ1) is 18.6. The van der Waals surface area contributed by atoms with Crippen LogP contribution >= 0.6 is 0 Å². The number of ketones is 1. The molecule has 8 heteroatoms. The van der Waals surface area contributed by atoms with Crippen molar-refractivity contribution in [3.05, 3.63) is 94.2 Å². The maximum absolute atomic E-state index is 14.4. The van der Waals surface area contributed by atoms with E-state index in [1.54, 1.807) is 51.4 Å². The molecule has 4 rings (SSSR count). The van der Waals surface area contributed by atoms with E-state index in [9.17, 15) is 22.8 Å². The topological polar surface area (TPSA) is 72.2 Å². The number of allylic oxidation sites excluding steroid dienone is 1. The van der Waals surface area contributed by atoms with Gasteiger partial charge >= 0.3 is 0 Å². The lowest BCUT2D eigenvalue weighted by atomic mass is 9.76. The van der Waals surface area contributed by atoms with Gasteiger partial charge in [0.25, 0.3) is 5.91 Å². The van der Waals surface area contributed by atoms with Crippen LogP contribution in [0.15, 0.2) is 58.8 Å². The molecule has 1 N–H and O–H groups in total. The monoisotopic (exact) mass is 542 g/mol. The van der Waals surface area contributed by atoms with Gasteiger partial charge in [-0.05, 0) is 69.7 Å². The molecule has 1 aliphatic rings. The normalized spacial score (nSPS) is 13.1. The van der Waals surface area contributed by atoms with Crippen LogP contribution in [0.2, 0.25) is 0 Å². The van der Waals surface area contributed by atoms with Crippen molar-refractivity contribution in [1.29, 1.82) is 0 Å². The number of halogens is 3. The Hall–Kier alpha value is -3.68. The molecular formula is C31H37F3N2O3. The summed E-state index contributed by atoms with van der Waals surface area (Å²) in [7, 11) is 0.500. The van der Waals surface area contributed by atoms with Gasteiger partial charge in [-0.25, -0.2) is 13.8 Å². The lowest BCUT2D eigenvalue weighted by Crippen LogP contribution is -2.37. The standard InChI is InChI=1S/C25H27F2NO2.C5H7NO.CH3F/c1-14(2)22(19-9-6-10-21(27)23(19)16(4)29)25(30)28-24(17-7-5-8-17)18-11-12-20(26)15(3)13-18;1-2-5-6-3-4-7-5;1-2/h6,9-13,17,24H,5,7-8H2,1-4H3,(H,28,30);3-4H,2H2,1H3;1H3/t24-;;/m0../s1. The van der Waals surface area contributed by atoms with Crippen molar-refractivity contribution < 1.29 is 27.2 Å². The fourth-order valence-electron chi connectivity index (χ4n) is 4.46. The largest absolute Gasteiger partial charge is 0.449 e. The summed E-state index contributed by atoms with van der Waals surface area (Å²) in [5.41, 5.74) is 2.57. The zero-order valence-corrected chi connectivity index (χ0v) is 23.4. The van der Waals surface area contributed by atoms with Crippen molar-refractivity contribution >= 4 is 17.3 Å². The number of carbonyl (C=O) groups is 2. The van der Waals surface area contributed by atoms with Crippen molar-refractivity contribution in [2.45, 2.75) is 66.3 Å². The van der Waals surface area contributed by atoms with Gasteiger partial charge in [0, 0.05) is 17.6 Å². The molecule has 3 aromatic rings. The Morgan fingerprint density at radius 1 is 1.08 bits per heavy atom. The van der Waals surface area contributed by atoms with Gasteiger partial charge in [-0.1, -0.05) is 43.2 Å². The van der Waals surface area contributed by atoms with Gasteiger partial charge < -0.3 is 9.73 Å². The van der Waals surface area contributed by atoms with Crippen LogP contribution in [0.1, 0.15) is 85.9 Å². The second-order valence-corrected chi connectivity index (χ2v) is 9.52. The van der Waals surface area contributed by atoms with Crippen LogP contribution < -0.4 is 5.32 Å². The molecule has 0 radical (unpaired) electrons. The number of carbonyl (C=O) groups excluding carboxylic acids is 2. The summed E-state index contributed by atoms with van der Waals surface area (Å²) in [4.78, 5) is 29.3. The Bertz CT molecular complexity index is 1280. The number of aromatic nitrogens is 1. The Labute approximate surface area is 228 Å². The van der Waals surface area contributed by atoms with Crippen molar-refractivity contribution in [3.8, 4) is 0 Å². The van der Waals surface area contributed by atoms with E-state index >= 15 is 0 Å². The molecule has 1 fully saturated rings. The molecule has 1 heterocycles. The maximum atomic E-state index is 14.4. The Kier molecular flexibility index (Phi) is 12.2. The summed E-state index contributed by atoms with van der Waals surface area (Å²) in [6.07, 6.45) is 7.16. The van der Waals surface area contributed by atoms with Gasteiger partial charge in [-0.2, -0.15) is 0 Å². The number of nitrogens with zero attached hydrogens (tertiary/aromatic N) is 1. The van der Waals surface area contributed by atoms with Crippen molar-refractivity contribution in [1.82, 2.24) is 10.3 Å². The summed E-state index contributed by atoms with van der Waals surface area (Å²) < 4.78 is 42.5. The quantitative estimate of drug-likeness (QED) is 0.245. The van der Waals surface area contributed by atoms with Gasteiger partial charge in [0.1, 0.15) is 17.9 Å². The first-order valence-electron chi connectivity index (χ1n) is 12.9. The van der Waals surface area contributed by atoms with Crippen LogP contribution in [-0.2, 0) is 11.2 Å². The molecular weight excluding hydrogens is 505 g/mol. The summed E-state index contributed by atoms with van der Waals surface area (Å²) in [5.74, 6) is -0.650. The Morgan fingerprint density at radius 2 is 1.77 bits per heavy atom. The van der Waals surface area contributed by atoms with Gasteiger partial charge in [-0.15, -0.1) is 0 Å². The fourth-order valence-corrected chi connectivity index (χ4v) is 4.46. The third kappa shape index (κ3) is 8.15. The minimum atomic E-state index is -0.642. The fraction of sp³-hybridized carbons (Fsp3) is 0.387. The lowest BCUT2D eigenvalue weighted by molar-refractivity contribution is -0.117. The van der Waals surface area contributed by atoms with Gasteiger partial charge in [0.2, 0.25) is 0 Å². The van der Waals surface area contributed by atoms with Crippen LogP contribution in [0, 0.1) is 24.5 Å². The smallest absolute Gasteiger partial charge is 0.252 e. The molecule has 0 spiro atoms. The van der Waals surface area contributed by atoms with Crippen LogP contribution in [0.3, 0.4) is 0 Å². The van der Waals surface area contributed by atoms with Crippen LogP contribution in [0.4, 0.5) is 13.2 Å². The molecule has 1 saturated carbocycles. The molecule has 0 saturated heterocycles. The van der Waals surface area contributed by atoms with E-state index < -0.39 is 11.6 Å². The first kappa shape index (κ1) is 31.5. The zero-order chi connectivity index (χ0) is 29.1. The number of nitrogens with one attached hydrogen (secondary N) is 1. The average Bonchev–Trinajstić information content (AvgIpc) is 3.40. The molecule has 1 amide bonds. The summed E-state index contributed by atoms with van der Waals surface area (Å²) in [5, 5.41) is 3.09. The zero-order valence-electron chi connectivity index (χ0n) is 23.4. The Balaban J connectivity index is 0.000000507. The van der Waals surface area contributed by atoms with Gasteiger partial charge in [0.05, 0.1) is 25.0 Å². The minimum Gasteiger partial charge on any atom is -0.449 e. The number of aryl methyl sites for hydroxylation is 2. The second-order valence-electron chi connectivity index (χ2n) is 9.52. The summed E-state index contributed by atoms with van der Waals surface area (Å²) in [6.45, 7) is 8.53. The molecule has 0 aliphatic heterocycles. The number of alkyl halides is 1. The third-order valence-electron chi connectivity index (χ3n) is 6.60. The van der Waals surface area contributed by atoms with Crippen molar-refractivity contribution in [3.63, 3.8) is 0 Å². The van der Waals surface area contributed by atoms with Crippen molar-refractivity contribution in [2.24, 2.45) is 5.92 Å². The second kappa shape index (κ2) is 15.0. The van der Waals surface area contributed by atoms with E-state index in [-0.39, 0.29) is 29.2 Å². The molecule has 210 valence electrons. The minimum absolute atomic E-state index is 0.0818. The molecule has 2 aromatic carbocycles. The number of benzene rings is 2. The SMILES string of the molecule is CC(=O)c1c(F)cccc1C(C(=O)N[C@H](c1ccc(F)c(C)c1)C1CCC1)=C(C)C.CCc1ncco1.CF. The maximum Gasteiger partial charge on any atom is 0.252 e. The predicted octanol–water partition coefficient (Wildman–Crippen LogP) is 7.75. The third-order valence-corrected chi connectivity index (χ3v) is 6.60. The van der Waals surface area contributed by atoms with E-state index in [2.05, 4.69) is 10.3 Å².